The Balaban J connectivity index is 2.15. The van der Waals surface area contributed by atoms with Crippen molar-refractivity contribution >= 4 is 5.91 Å². The molecule has 2 aromatic carbocycles. The predicted molar refractivity (Wildman–Crippen MR) is 117 cm³/mol. The molecule has 2 N–H and O–H groups in total. The van der Waals surface area contributed by atoms with E-state index >= 15 is 0 Å². The van der Waals surface area contributed by atoms with Crippen molar-refractivity contribution in [2.45, 2.75) is 39.7 Å². The van der Waals surface area contributed by atoms with Crippen molar-refractivity contribution in [1.29, 1.82) is 0 Å². The lowest BCUT2D eigenvalue weighted by Crippen LogP contribution is -2.13. The molecule has 0 bridgehead atoms. The van der Waals surface area contributed by atoms with E-state index in [9.17, 15) is 4.79 Å². The molecule has 1 amide bonds. The maximum Gasteiger partial charge on any atom is 0.251 e. The largest absolute Gasteiger partial charge is 0.366 e. The van der Waals surface area contributed by atoms with Gasteiger partial charge in [0.15, 0.2) is 0 Å². The molecular formula is C25H28N2O. The summed E-state index contributed by atoms with van der Waals surface area (Å²) in [4.78, 5) is 12.3. The Kier molecular flexibility index (Phi) is 6.15. The zero-order valence-corrected chi connectivity index (χ0v) is 16.7. The maximum atomic E-state index is 12.3. The van der Waals surface area contributed by atoms with Gasteiger partial charge in [0.2, 0.25) is 0 Å². The number of rotatable bonds is 8. The first kappa shape index (κ1) is 19.7. The molecule has 1 heterocycles. The van der Waals surface area contributed by atoms with Crippen LogP contribution in [0.5, 0.6) is 0 Å². The summed E-state index contributed by atoms with van der Waals surface area (Å²) in [6, 6.07) is 18.7. The zero-order valence-electron chi connectivity index (χ0n) is 16.7. The van der Waals surface area contributed by atoms with Crippen LogP contribution in [0.1, 0.15) is 41.5 Å². The van der Waals surface area contributed by atoms with Crippen LogP contribution in [0.3, 0.4) is 0 Å². The number of unbranched alkanes of at least 4 members (excludes halogenated alkanes) is 1. The van der Waals surface area contributed by atoms with Crippen LogP contribution in [-0.4, -0.2) is 10.5 Å². The lowest BCUT2D eigenvalue weighted by atomic mass is 9.95. The first-order valence-electron chi connectivity index (χ1n) is 9.87. The summed E-state index contributed by atoms with van der Waals surface area (Å²) in [6.45, 7) is 8.71. The lowest BCUT2D eigenvalue weighted by molar-refractivity contribution is 0.1000. The maximum absolute atomic E-state index is 12.3. The molecule has 3 aromatic rings. The molecule has 144 valence electrons. The molecule has 3 heteroatoms. The molecule has 0 saturated heterocycles. The van der Waals surface area contributed by atoms with Crippen molar-refractivity contribution in [3.05, 3.63) is 84.2 Å². The third-order valence-electron chi connectivity index (χ3n) is 5.24. The topological polar surface area (TPSA) is 48.0 Å². The number of hydrogen-bond donors (Lipinski definition) is 1. The molecule has 0 spiro atoms. The smallest absolute Gasteiger partial charge is 0.251 e. The minimum atomic E-state index is -0.375. The highest BCUT2D eigenvalue weighted by molar-refractivity contribution is 6.02. The fourth-order valence-corrected chi connectivity index (χ4v) is 3.85. The van der Waals surface area contributed by atoms with Gasteiger partial charge in [0, 0.05) is 23.5 Å². The molecule has 0 aliphatic heterocycles. The molecule has 28 heavy (non-hydrogen) atoms. The normalized spacial score (nSPS) is 10.8. The summed E-state index contributed by atoms with van der Waals surface area (Å²) in [6.07, 6.45) is 4.94. The van der Waals surface area contributed by atoms with E-state index in [1.807, 2.05) is 31.2 Å². The highest BCUT2D eigenvalue weighted by Crippen LogP contribution is 2.35. The van der Waals surface area contributed by atoms with Crippen molar-refractivity contribution < 1.29 is 4.79 Å². The van der Waals surface area contributed by atoms with Crippen molar-refractivity contribution in [2.75, 3.05) is 0 Å². The Labute approximate surface area is 167 Å². The Morgan fingerprint density at radius 3 is 2.21 bits per heavy atom. The monoisotopic (exact) mass is 372 g/mol. The number of primary amides is 1. The summed E-state index contributed by atoms with van der Waals surface area (Å²) in [5.41, 5.74) is 12.8. The molecule has 0 radical (unpaired) electrons. The van der Waals surface area contributed by atoms with E-state index in [2.05, 4.69) is 54.5 Å². The number of hydrogen-bond acceptors (Lipinski definition) is 1. The van der Waals surface area contributed by atoms with Gasteiger partial charge in [0.1, 0.15) is 0 Å². The van der Waals surface area contributed by atoms with Crippen LogP contribution in [0.2, 0.25) is 0 Å². The van der Waals surface area contributed by atoms with Crippen LogP contribution in [0.15, 0.2) is 67.3 Å². The van der Waals surface area contributed by atoms with Gasteiger partial charge in [-0.15, -0.1) is 6.58 Å². The van der Waals surface area contributed by atoms with Crippen molar-refractivity contribution in [2.24, 2.45) is 5.73 Å². The number of allylic oxidation sites excluding steroid dienone is 1. The molecule has 0 unspecified atom stereocenters. The van der Waals surface area contributed by atoms with Gasteiger partial charge in [0.25, 0.3) is 5.91 Å². The SMILES string of the molecule is C=CCn1c(C)c(C(N)=O)c(-c2ccc(-c3ccccc3)cc2)c1CCCC. The summed E-state index contributed by atoms with van der Waals surface area (Å²) in [5, 5.41) is 0. The highest BCUT2D eigenvalue weighted by atomic mass is 16.1. The molecule has 0 saturated carbocycles. The van der Waals surface area contributed by atoms with Gasteiger partial charge >= 0.3 is 0 Å². The van der Waals surface area contributed by atoms with Crippen LogP contribution in [0, 0.1) is 6.92 Å². The van der Waals surface area contributed by atoms with Crippen LogP contribution in [0.4, 0.5) is 0 Å². The number of amides is 1. The van der Waals surface area contributed by atoms with Crippen LogP contribution in [-0.2, 0) is 13.0 Å². The fraction of sp³-hybridized carbons (Fsp3) is 0.240. The summed E-state index contributed by atoms with van der Waals surface area (Å²) >= 11 is 0. The van der Waals surface area contributed by atoms with E-state index in [-0.39, 0.29) is 5.91 Å². The summed E-state index contributed by atoms with van der Waals surface area (Å²) in [7, 11) is 0. The van der Waals surface area contributed by atoms with Gasteiger partial charge in [-0.1, -0.05) is 74.0 Å². The second kappa shape index (κ2) is 8.75. The van der Waals surface area contributed by atoms with E-state index in [4.69, 9.17) is 5.73 Å². The molecule has 0 aliphatic rings. The number of aromatic nitrogens is 1. The predicted octanol–water partition coefficient (Wildman–Crippen LogP) is 5.76. The molecule has 0 aliphatic carbocycles. The average molecular weight is 373 g/mol. The van der Waals surface area contributed by atoms with E-state index < -0.39 is 0 Å². The van der Waals surface area contributed by atoms with Gasteiger partial charge in [-0.25, -0.2) is 0 Å². The standard InChI is InChI=1S/C25H28N2O/c1-4-6-12-22-24(23(25(26)28)18(3)27(22)17-5-2)21-15-13-20(14-16-21)19-10-8-7-9-11-19/h5,7-11,13-16H,2,4,6,12,17H2,1,3H3,(H2,26,28). The fourth-order valence-electron chi connectivity index (χ4n) is 3.85. The summed E-state index contributed by atoms with van der Waals surface area (Å²) < 4.78 is 2.18. The quantitative estimate of drug-likeness (QED) is 0.502. The Morgan fingerprint density at radius 1 is 1.04 bits per heavy atom. The first-order chi connectivity index (χ1) is 13.6. The Bertz CT molecular complexity index is 966. The molecule has 0 fully saturated rings. The number of nitrogens with two attached hydrogens (primary N) is 1. The number of nitrogens with zero attached hydrogens (tertiary/aromatic N) is 1. The minimum absolute atomic E-state index is 0.375. The third-order valence-corrected chi connectivity index (χ3v) is 5.24. The van der Waals surface area contributed by atoms with Crippen LogP contribution < -0.4 is 5.73 Å². The van der Waals surface area contributed by atoms with Crippen molar-refractivity contribution in [3.8, 4) is 22.3 Å². The average Bonchev–Trinajstić information content (AvgIpc) is 2.99. The Hall–Kier alpha value is -3.07. The van der Waals surface area contributed by atoms with Crippen molar-refractivity contribution in [1.82, 2.24) is 4.57 Å². The second-order valence-electron chi connectivity index (χ2n) is 7.09. The molecular weight excluding hydrogens is 344 g/mol. The van der Waals surface area contributed by atoms with E-state index in [1.165, 1.54) is 11.3 Å². The zero-order chi connectivity index (χ0) is 20.1. The van der Waals surface area contributed by atoms with Crippen LogP contribution >= 0.6 is 0 Å². The van der Waals surface area contributed by atoms with Crippen molar-refractivity contribution in [3.63, 3.8) is 0 Å². The second-order valence-corrected chi connectivity index (χ2v) is 7.09. The minimum Gasteiger partial charge on any atom is -0.366 e. The van der Waals surface area contributed by atoms with Gasteiger partial charge in [0.05, 0.1) is 5.56 Å². The van der Waals surface area contributed by atoms with Crippen LogP contribution in [0.25, 0.3) is 22.3 Å². The number of benzene rings is 2. The molecule has 1 aromatic heterocycles. The Morgan fingerprint density at radius 2 is 1.64 bits per heavy atom. The lowest BCUT2D eigenvalue weighted by Gasteiger charge is -2.12. The number of carbonyl (C=O) groups is 1. The van der Waals surface area contributed by atoms with E-state index in [1.54, 1.807) is 0 Å². The van der Waals surface area contributed by atoms with Gasteiger partial charge in [-0.2, -0.15) is 0 Å². The van der Waals surface area contributed by atoms with Gasteiger partial charge in [-0.3, -0.25) is 4.79 Å². The highest BCUT2D eigenvalue weighted by Gasteiger charge is 2.24. The van der Waals surface area contributed by atoms with E-state index in [0.717, 1.165) is 41.6 Å². The third kappa shape index (κ3) is 3.79. The molecule has 3 nitrogen and oxygen atoms in total. The molecule has 0 atom stereocenters. The first-order valence-corrected chi connectivity index (χ1v) is 9.87. The van der Waals surface area contributed by atoms with Gasteiger partial charge < -0.3 is 10.3 Å². The molecule has 3 rings (SSSR count). The van der Waals surface area contributed by atoms with E-state index in [0.29, 0.717) is 12.1 Å². The van der Waals surface area contributed by atoms with Gasteiger partial charge in [-0.05, 0) is 36.5 Å². The summed E-state index contributed by atoms with van der Waals surface area (Å²) in [5.74, 6) is -0.375. The number of carbonyl (C=O) groups excluding carboxylic acids is 1.